The molecule has 120 valence electrons. The van der Waals surface area contributed by atoms with Crippen LogP contribution in [0.1, 0.15) is 34.1 Å². The lowest BCUT2D eigenvalue weighted by Crippen LogP contribution is -2.39. The summed E-state index contributed by atoms with van der Waals surface area (Å²) in [6.45, 7) is 7.39. The van der Waals surface area contributed by atoms with Crippen molar-refractivity contribution in [1.82, 2.24) is 14.7 Å². The lowest BCUT2D eigenvalue weighted by atomic mass is 10.0. The Hall–Kier alpha value is -2.16. The van der Waals surface area contributed by atoms with Gasteiger partial charge in [0, 0.05) is 31.4 Å². The molecule has 1 aromatic heterocycles. The molecular weight excluding hydrogens is 288 g/mol. The predicted octanol–water partition coefficient (Wildman–Crippen LogP) is 2.48. The first-order valence-corrected chi connectivity index (χ1v) is 7.91. The highest BCUT2D eigenvalue weighted by molar-refractivity contribution is 5.32. The van der Waals surface area contributed by atoms with Crippen molar-refractivity contribution in [3.8, 4) is 6.07 Å². The van der Waals surface area contributed by atoms with E-state index in [4.69, 9.17) is 10.00 Å². The van der Waals surface area contributed by atoms with E-state index in [0.29, 0.717) is 12.2 Å². The third kappa shape index (κ3) is 3.14. The van der Waals surface area contributed by atoms with Crippen molar-refractivity contribution in [2.45, 2.75) is 26.4 Å². The fourth-order valence-electron chi connectivity index (χ4n) is 3.28. The molecule has 5 heteroatoms. The molecule has 2 heterocycles. The summed E-state index contributed by atoms with van der Waals surface area (Å²) < 4.78 is 7.68. The average molecular weight is 310 g/mol. The van der Waals surface area contributed by atoms with Crippen LogP contribution in [0.3, 0.4) is 0 Å². The van der Waals surface area contributed by atoms with Gasteiger partial charge in [0.2, 0.25) is 0 Å². The maximum atomic E-state index is 8.92. The first-order chi connectivity index (χ1) is 11.1. The van der Waals surface area contributed by atoms with Gasteiger partial charge in [-0.05, 0) is 31.5 Å². The minimum absolute atomic E-state index is 0.230. The van der Waals surface area contributed by atoms with Gasteiger partial charge in [0.25, 0.3) is 0 Å². The molecule has 0 bridgehead atoms. The topological polar surface area (TPSA) is 54.1 Å². The molecule has 0 spiro atoms. The number of ether oxygens (including phenoxy) is 1. The predicted molar refractivity (Wildman–Crippen MR) is 87.8 cm³/mol. The zero-order valence-electron chi connectivity index (χ0n) is 13.9. The van der Waals surface area contributed by atoms with Crippen molar-refractivity contribution in [1.29, 1.82) is 5.26 Å². The second-order valence-corrected chi connectivity index (χ2v) is 6.08. The van der Waals surface area contributed by atoms with E-state index in [0.717, 1.165) is 25.4 Å². The van der Waals surface area contributed by atoms with Crippen LogP contribution >= 0.6 is 0 Å². The summed E-state index contributed by atoms with van der Waals surface area (Å²) >= 11 is 0. The van der Waals surface area contributed by atoms with Crippen LogP contribution in [0.2, 0.25) is 0 Å². The third-order valence-electron chi connectivity index (χ3n) is 4.61. The smallest absolute Gasteiger partial charge is 0.0991 e. The number of rotatable bonds is 3. The quantitative estimate of drug-likeness (QED) is 0.874. The zero-order valence-corrected chi connectivity index (χ0v) is 13.9. The van der Waals surface area contributed by atoms with Crippen LogP contribution in [0.15, 0.2) is 24.3 Å². The van der Waals surface area contributed by atoms with E-state index in [-0.39, 0.29) is 6.04 Å². The van der Waals surface area contributed by atoms with Gasteiger partial charge in [-0.1, -0.05) is 12.1 Å². The lowest BCUT2D eigenvalue weighted by Gasteiger charge is -2.36. The Kier molecular flexibility index (Phi) is 4.46. The van der Waals surface area contributed by atoms with Gasteiger partial charge >= 0.3 is 0 Å². The molecule has 3 rings (SSSR count). The molecule has 0 radical (unpaired) electrons. The molecule has 1 fully saturated rings. The lowest BCUT2D eigenvalue weighted by molar-refractivity contribution is -0.0132. The van der Waals surface area contributed by atoms with Gasteiger partial charge in [0.05, 0.1) is 36.6 Å². The highest BCUT2D eigenvalue weighted by atomic mass is 16.5. The van der Waals surface area contributed by atoms with Gasteiger partial charge in [-0.2, -0.15) is 10.4 Å². The highest BCUT2D eigenvalue weighted by Crippen LogP contribution is 2.30. The number of aryl methyl sites for hydroxylation is 2. The van der Waals surface area contributed by atoms with E-state index in [9.17, 15) is 0 Å². The van der Waals surface area contributed by atoms with Crippen molar-refractivity contribution < 1.29 is 4.74 Å². The first-order valence-electron chi connectivity index (χ1n) is 7.91. The molecule has 0 N–H and O–H groups in total. The molecule has 1 atom stereocenters. The van der Waals surface area contributed by atoms with Gasteiger partial charge in [-0.3, -0.25) is 9.58 Å². The second-order valence-electron chi connectivity index (χ2n) is 6.08. The van der Waals surface area contributed by atoms with Crippen LogP contribution in [-0.4, -0.2) is 34.4 Å². The van der Waals surface area contributed by atoms with Gasteiger partial charge < -0.3 is 4.74 Å². The Bertz CT molecular complexity index is 727. The summed E-state index contributed by atoms with van der Waals surface area (Å²) in [5, 5.41) is 13.5. The largest absolute Gasteiger partial charge is 0.378 e. The SMILES string of the molecule is Cc1nn(C)c(C)c1[C@H]1COCCN1Cc1ccc(C#N)cc1. The Morgan fingerprint density at radius 1 is 1.30 bits per heavy atom. The zero-order chi connectivity index (χ0) is 16.4. The molecule has 5 nitrogen and oxygen atoms in total. The van der Waals surface area contributed by atoms with E-state index in [1.807, 2.05) is 36.0 Å². The number of hydrogen-bond donors (Lipinski definition) is 0. The number of hydrogen-bond acceptors (Lipinski definition) is 4. The van der Waals surface area contributed by atoms with Crippen LogP contribution < -0.4 is 0 Å². The van der Waals surface area contributed by atoms with Crippen LogP contribution in [0.25, 0.3) is 0 Å². The number of morpholine rings is 1. The molecule has 23 heavy (non-hydrogen) atoms. The number of nitrogens with zero attached hydrogens (tertiary/aromatic N) is 4. The van der Waals surface area contributed by atoms with Crippen LogP contribution in [0, 0.1) is 25.2 Å². The first kappa shape index (κ1) is 15.7. The van der Waals surface area contributed by atoms with E-state index < -0.39 is 0 Å². The van der Waals surface area contributed by atoms with Crippen LogP contribution in [-0.2, 0) is 18.3 Å². The molecule has 0 unspecified atom stereocenters. The number of aromatic nitrogens is 2. The fraction of sp³-hybridized carbons (Fsp3) is 0.444. The molecule has 0 amide bonds. The van der Waals surface area contributed by atoms with Crippen molar-refractivity contribution in [2.24, 2.45) is 7.05 Å². The van der Waals surface area contributed by atoms with E-state index >= 15 is 0 Å². The Morgan fingerprint density at radius 2 is 2.04 bits per heavy atom. The second kappa shape index (κ2) is 6.53. The molecule has 1 aliphatic heterocycles. The summed E-state index contributed by atoms with van der Waals surface area (Å²) in [6, 6.07) is 10.2. The van der Waals surface area contributed by atoms with E-state index in [1.165, 1.54) is 16.8 Å². The standard InChI is InChI=1S/C18H22N4O/c1-13-18(14(2)21(3)20-13)17-12-23-9-8-22(17)11-16-6-4-15(10-19)5-7-16/h4-7,17H,8-9,11-12H2,1-3H3/t17-/m1/s1. The number of benzene rings is 1. The molecule has 2 aromatic rings. The Balaban J connectivity index is 1.85. The highest BCUT2D eigenvalue weighted by Gasteiger charge is 2.29. The summed E-state index contributed by atoms with van der Waals surface area (Å²) in [7, 11) is 1.99. The Morgan fingerprint density at radius 3 is 2.65 bits per heavy atom. The normalized spacial score (nSPS) is 18.8. The van der Waals surface area contributed by atoms with E-state index in [2.05, 4.69) is 29.9 Å². The van der Waals surface area contributed by atoms with Crippen molar-refractivity contribution in [3.63, 3.8) is 0 Å². The van der Waals surface area contributed by atoms with Crippen molar-refractivity contribution in [2.75, 3.05) is 19.8 Å². The molecule has 0 aliphatic carbocycles. The summed E-state index contributed by atoms with van der Waals surface area (Å²) in [6.07, 6.45) is 0. The molecule has 1 aromatic carbocycles. The maximum Gasteiger partial charge on any atom is 0.0991 e. The van der Waals surface area contributed by atoms with Crippen molar-refractivity contribution >= 4 is 0 Å². The minimum atomic E-state index is 0.230. The van der Waals surface area contributed by atoms with Crippen molar-refractivity contribution in [3.05, 3.63) is 52.3 Å². The monoisotopic (exact) mass is 310 g/mol. The molecule has 1 saturated heterocycles. The van der Waals surface area contributed by atoms with Gasteiger partial charge in [0.15, 0.2) is 0 Å². The summed E-state index contributed by atoms with van der Waals surface area (Å²) in [5.74, 6) is 0. The third-order valence-corrected chi connectivity index (χ3v) is 4.61. The van der Waals surface area contributed by atoms with E-state index in [1.54, 1.807) is 0 Å². The maximum absolute atomic E-state index is 8.92. The fourth-order valence-corrected chi connectivity index (χ4v) is 3.28. The molecular formula is C18H22N4O. The molecule has 1 aliphatic rings. The van der Waals surface area contributed by atoms with Crippen LogP contribution in [0.4, 0.5) is 0 Å². The summed E-state index contributed by atoms with van der Waals surface area (Å²) in [4.78, 5) is 2.45. The van der Waals surface area contributed by atoms with Gasteiger partial charge in [0.1, 0.15) is 0 Å². The van der Waals surface area contributed by atoms with Gasteiger partial charge in [-0.25, -0.2) is 0 Å². The number of nitriles is 1. The van der Waals surface area contributed by atoms with Gasteiger partial charge in [-0.15, -0.1) is 0 Å². The summed E-state index contributed by atoms with van der Waals surface area (Å²) in [5.41, 5.74) is 5.47. The Labute approximate surface area is 137 Å². The minimum Gasteiger partial charge on any atom is -0.378 e. The van der Waals surface area contributed by atoms with Crippen LogP contribution in [0.5, 0.6) is 0 Å². The average Bonchev–Trinajstić information content (AvgIpc) is 2.81. The molecule has 0 saturated carbocycles.